The van der Waals surface area contributed by atoms with Crippen molar-refractivity contribution in [3.8, 4) is 5.75 Å². The number of amides is 1. The van der Waals surface area contributed by atoms with Crippen LogP contribution in [0.4, 0.5) is 5.69 Å². The molecule has 3 aromatic rings. The number of hydrogen-bond acceptors (Lipinski definition) is 5. The van der Waals surface area contributed by atoms with Crippen molar-refractivity contribution in [1.82, 2.24) is 0 Å². The molecule has 1 N–H and O–H groups in total. The molecule has 1 aliphatic rings. The summed E-state index contributed by atoms with van der Waals surface area (Å²) >= 11 is 9.99. The standard InChI is InChI=1S/C24H16BrNO4S2/c25-18-10-8-15(9-11-18)14-30-20-7-2-1-4-16(20)13-21-22(27)26(24(31)32-21)19-6-3-5-17(12-19)23(28)29/h1-13H,14H2,(H,28,29)/b21-13+. The molecule has 0 unspecified atom stereocenters. The minimum atomic E-state index is -1.07. The van der Waals surface area contributed by atoms with E-state index in [0.717, 1.165) is 15.6 Å². The van der Waals surface area contributed by atoms with E-state index in [1.807, 2.05) is 48.5 Å². The number of para-hydroxylation sites is 1. The molecular weight excluding hydrogens is 510 g/mol. The Labute approximate surface area is 202 Å². The fourth-order valence-electron chi connectivity index (χ4n) is 3.08. The lowest BCUT2D eigenvalue weighted by molar-refractivity contribution is -0.113. The second kappa shape index (κ2) is 9.68. The maximum absolute atomic E-state index is 13.1. The number of thioether (sulfide) groups is 1. The van der Waals surface area contributed by atoms with Crippen LogP contribution in [-0.4, -0.2) is 21.3 Å². The minimum absolute atomic E-state index is 0.0900. The first-order chi connectivity index (χ1) is 15.4. The van der Waals surface area contributed by atoms with Gasteiger partial charge in [0.25, 0.3) is 5.91 Å². The summed E-state index contributed by atoms with van der Waals surface area (Å²) in [4.78, 5) is 26.2. The summed E-state index contributed by atoms with van der Waals surface area (Å²) in [7, 11) is 0. The lowest BCUT2D eigenvalue weighted by Crippen LogP contribution is -2.27. The van der Waals surface area contributed by atoms with Gasteiger partial charge >= 0.3 is 5.97 Å². The van der Waals surface area contributed by atoms with Gasteiger partial charge in [-0.2, -0.15) is 0 Å². The Hall–Kier alpha value is -2.94. The number of anilines is 1. The quantitative estimate of drug-likeness (QED) is 0.308. The average molecular weight is 526 g/mol. The molecule has 0 bridgehead atoms. The number of carbonyl (C=O) groups excluding carboxylic acids is 1. The summed E-state index contributed by atoms with van der Waals surface area (Å²) in [5.41, 5.74) is 2.29. The van der Waals surface area contributed by atoms with Crippen molar-refractivity contribution < 1.29 is 19.4 Å². The molecule has 0 atom stereocenters. The maximum Gasteiger partial charge on any atom is 0.335 e. The number of carboxylic acids is 1. The van der Waals surface area contributed by atoms with Crippen LogP contribution >= 0.6 is 39.9 Å². The number of nitrogens with zero attached hydrogens (tertiary/aromatic N) is 1. The first-order valence-electron chi connectivity index (χ1n) is 9.50. The Bertz CT molecular complexity index is 1240. The third-order valence-electron chi connectivity index (χ3n) is 4.66. The van der Waals surface area contributed by atoms with Crippen LogP contribution in [-0.2, 0) is 11.4 Å². The summed E-state index contributed by atoms with van der Waals surface area (Å²) < 4.78 is 7.34. The highest BCUT2D eigenvalue weighted by Gasteiger charge is 2.33. The molecule has 0 radical (unpaired) electrons. The molecule has 32 heavy (non-hydrogen) atoms. The summed E-state index contributed by atoms with van der Waals surface area (Å²) in [6, 6.07) is 21.5. The molecule has 1 saturated heterocycles. The highest BCUT2D eigenvalue weighted by molar-refractivity contribution is 9.10. The number of carboxylic acid groups (broad SMARTS) is 1. The molecule has 3 aromatic carbocycles. The number of rotatable bonds is 6. The fraction of sp³-hybridized carbons (Fsp3) is 0.0417. The third-order valence-corrected chi connectivity index (χ3v) is 6.49. The predicted octanol–water partition coefficient (Wildman–Crippen LogP) is 6.13. The zero-order chi connectivity index (χ0) is 22.7. The number of carbonyl (C=O) groups is 2. The van der Waals surface area contributed by atoms with Crippen molar-refractivity contribution in [2.24, 2.45) is 0 Å². The second-order valence-corrected chi connectivity index (χ2v) is 9.42. The van der Waals surface area contributed by atoms with Gasteiger partial charge in [-0.15, -0.1) is 0 Å². The first kappa shape index (κ1) is 22.3. The largest absolute Gasteiger partial charge is 0.488 e. The van der Waals surface area contributed by atoms with Crippen LogP contribution in [0.5, 0.6) is 5.75 Å². The highest BCUT2D eigenvalue weighted by atomic mass is 79.9. The van der Waals surface area contributed by atoms with Crippen LogP contribution in [0.25, 0.3) is 6.08 Å². The minimum Gasteiger partial charge on any atom is -0.488 e. The number of halogens is 1. The molecule has 0 saturated carbocycles. The van der Waals surface area contributed by atoms with Gasteiger partial charge in [0.05, 0.1) is 16.2 Å². The molecule has 0 aliphatic carbocycles. The fourth-order valence-corrected chi connectivity index (χ4v) is 4.64. The first-order valence-corrected chi connectivity index (χ1v) is 11.5. The molecule has 1 amide bonds. The monoisotopic (exact) mass is 525 g/mol. The molecule has 0 aromatic heterocycles. The van der Waals surface area contributed by atoms with Gasteiger partial charge in [0.15, 0.2) is 4.32 Å². The van der Waals surface area contributed by atoms with E-state index in [4.69, 9.17) is 17.0 Å². The van der Waals surface area contributed by atoms with Crippen molar-refractivity contribution >= 4 is 67.9 Å². The molecule has 160 valence electrons. The van der Waals surface area contributed by atoms with Crippen LogP contribution in [0, 0.1) is 0 Å². The molecule has 8 heteroatoms. The van der Waals surface area contributed by atoms with Gasteiger partial charge < -0.3 is 9.84 Å². The average Bonchev–Trinajstić information content (AvgIpc) is 3.07. The van der Waals surface area contributed by atoms with Crippen molar-refractivity contribution in [3.63, 3.8) is 0 Å². The number of benzene rings is 3. The Balaban J connectivity index is 1.57. The highest BCUT2D eigenvalue weighted by Crippen LogP contribution is 2.37. The van der Waals surface area contributed by atoms with Gasteiger partial charge in [-0.05, 0) is 48.0 Å². The van der Waals surface area contributed by atoms with E-state index in [0.29, 0.717) is 27.3 Å². The third kappa shape index (κ3) is 4.93. The number of ether oxygens (including phenoxy) is 1. The molecule has 1 fully saturated rings. The molecule has 0 spiro atoms. The van der Waals surface area contributed by atoms with Gasteiger partial charge in [-0.25, -0.2) is 4.79 Å². The smallest absolute Gasteiger partial charge is 0.335 e. The SMILES string of the molecule is O=C(O)c1cccc(N2C(=O)/C(=C\c3ccccc3OCc3ccc(Br)cc3)SC2=S)c1. The number of hydrogen-bond donors (Lipinski definition) is 1. The van der Waals surface area contributed by atoms with Crippen LogP contribution < -0.4 is 9.64 Å². The maximum atomic E-state index is 13.1. The van der Waals surface area contributed by atoms with Crippen molar-refractivity contribution in [2.45, 2.75) is 6.61 Å². The molecule has 1 aliphatic heterocycles. The van der Waals surface area contributed by atoms with Crippen molar-refractivity contribution in [2.75, 3.05) is 4.90 Å². The van der Waals surface area contributed by atoms with Gasteiger partial charge in [0.1, 0.15) is 12.4 Å². The van der Waals surface area contributed by atoms with Crippen molar-refractivity contribution in [1.29, 1.82) is 0 Å². The van der Waals surface area contributed by atoms with E-state index in [2.05, 4.69) is 15.9 Å². The van der Waals surface area contributed by atoms with Crippen molar-refractivity contribution in [3.05, 3.63) is 98.9 Å². The van der Waals surface area contributed by atoms with Crippen LogP contribution in [0.15, 0.2) is 82.2 Å². The van der Waals surface area contributed by atoms with E-state index < -0.39 is 5.97 Å². The van der Waals surface area contributed by atoms with E-state index in [9.17, 15) is 14.7 Å². The zero-order valence-electron chi connectivity index (χ0n) is 16.5. The van der Waals surface area contributed by atoms with E-state index in [1.54, 1.807) is 18.2 Å². The molecule has 4 rings (SSSR count). The van der Waals surface area contributed by atoms with E-state index in [-0.39, 0.29) is 11.5 Å². The zero-order valence-corrected chi connectivity index (χ0v) is 19.7. The summed E-state index contributed by atoms with van der Waals surface area (Å²) in [5, 5.41) is 9.24. The van der Waals surface area contributed by atoms with Gasteiger partial charge in [-0.3, -0.25) is 9.69 Å². The van der Waals surface area contributed by atoms with Gasteiger partial charge in [-0.1, -0.05) is 76.3 Å². The normalized spacial score (nSPS) is 14.8. The Morgan fingerprint density at radius 2 is 1.84 bits per heavy atom. The van der Waals surface area contributed by atoms with Crippen LogP contribution in [0.2, 0.25) is 0 Å². The molecular formula is C24H16BrNO4S2. The number of aromatic carboxylic acids is 1. The van der Waals surface area contributed by atoms with Gasteiger partial charge in [0, 0.05) is 10.0 Å². The molecule has 5 nitrogen and oxygen atoms in total. The summed E-state index contributed by atoms with van der Waals surface area (Å²) in [6.07, 6.45) is 1.75. The summed E-state index contributed by atoms with van der Waals surface area (Å²) in [5.74, 6) is -0.719. The second-order valence-electron chi connectivity index (χ2n) is 6.83. The van der Waals surface area contributed by atoms with E-state index in [1.165, 1.54) is 28.8 Å². The summed E-state index contributed by atoms with van der Waals surface area (Å²) in [6.45, 7) is 0.390. The Morgan fingerprint density at radius 3 is 2.59 bits per heavy atom. The Morgan fingerprint density at radius 1 is 1.09 bits per heavy atom. The predicted molar refractivity (Wildman–Crippen MR) is 134 cm³/mol. The van der Waals surface area contributed by atoms with Gasteiger partial charge in [0.2, 0.25) is 0 Å². The lowest BCUT2D eigenvalue weighted by Gasteiger charge is -2.15. The van der Waals surface area contributed by atoms with Crippen LogP contribution in [0.1, 0.15) is 21.5 Å². The van der Waals surface area contributed by atoms with E-state index >= 15 is 0 Å². The Kier molecular flexibility index (Phi) is 6.74. The topological polar surface area (TPSA) is 66.8 Å². The number of thiocarbonyl (C=S) groups is 1. The lowest BCUT2D eigenvalue weighted by atomic mass is 10.1. The van der Waals surface area contributed by atoms with Crippen LogP contribution in [0.3, 0.4) is 0 Å². The molecule has 1 heterocycles.